The van der Waals surface area contributed by atoms with Crippen molar-refractivity contribution in [3.05, 3.63) is 35.4 Å². The maximum absolute atomic E-state index is 5.15. The summed E-state index contributed by atoms with van der Waals surface area (Å²) in [6.45, 7) is 3.89. The predicted octanol–water partition coefficient (Wildman–Crippen LogP) is 1.87. The van der Waals surface area contributed by atoms with Crippen molar-refractivity contribution in [3.63, 3.8) is 0 Å². The Morgan fingerprint density at radius 3 is 2.76 bits per heavy atom. The van der Waals surface area contributed by atoms with Crippen LogP contribution in [0.4, 0.5) is 0 Å². The van der Waals surface area contributed by atoms with E-state index in [1.54, 1.807) is 7.11 Å². The second kappa shape index (κ2) is 8.23. The lowest BCUT2D eigenvalue weighted by atomic mass is 10.1. The molecule has 0 bridgehead atoms. The number of nitrogens with zero attached hydrogens (tertiary/aromatic N) is 1. The zero-order valence-corrected chi connectivity index (χ0v) is 11.2. The van der Waals surface area contributed by atoms with Gasteiger partial charge in [-0.25, -0.2) is 0 Å². The lowest BCUT2D eigenvalue weighted by Crippen LogP contribution is -2.22. The summed E-state index contributed by atoms with van der Waals surface area (Å²) < 4.78 is 5.15. The van der Waals surface area contributed by atoms with Gasteiger partial charge in [-0.1, -0.05) is 24.3 Å². The van der Waals surface area contributed by atoms with Gasteiger partial charge in [-0.2, -0.15) is 0 Å². The van der Waals surface area contributed by atoms with Gasteiger partial charge in [0, 0.05) is 13.7 Å². The van der Waals surface area contributed by atoms with E-state index in [9.17, 15) is 0 Å². The molecule has 0 heterocycles. The Bertz CT molecular complexity index is 315. The van der Waals surface area contributed by atoms with Crippen LogP contribution in [-0.4, -0.2) is 39.2 Å². The molecule has 3 heteroatoms. The van der Waals surface area contributed by atoms with E-state index >= 15 is 0 Å². The molecule has 1 N–H and O–H groups in total. The quantitative estimate of drug-likeness (QED) is 0.697. The molecule has 0 atom stereocenters. The maximum atomic E-state index is 5.15. The van der Waals surface area contributed by atoms with Gasteiger partial charge in [-0.15, -0.1) is 0 Å². The molecular weight excluding hydrogens is 212 g/mol. The Labute approximate surface area is 105 Å². The van der Waals surface area contributed by atoms with Gasteiger partial charge in [0.1, 0.15) is 0 Å². The summed E-state index contributed by atoms with van der Waals surface area (Å²) in [5.41, 5.74) is 2.60. The molecule has 0 spiro atoms. The van der Waals surface area contributed by atoms with E-state index in [-0.39, 0.29) is 0 Å². The third-order valence-electron chi connectivity index (χ3n) is 2.72. The van der Waals surface area contributed by atoms with Crippen LogP contribution in [0.1, 0.15) is 17.5 Å². The van der Waals surface area contributed by atoms with Crippen molar-refractivity contribution in [2.45, 2.75) is 19.6 Å². The smallest absolute Gasteiger partial charge is 0.0713 e. The third kappa shape index (κ3) is 5.82. The molecule has 0 amide bonds. The van der Waals surface area contributed by atoms with Gasteiger partial charge < -0.3 is 15.0 Å². The second-order valence-electron chi connectivity index (χ2n) is 4.45. The number of nitrogens with one attached hydrogen (secondary N) is 1. The second-order valence-corrected chi connectivity index (χ2v) is 4.45. The Morgan fingerprint density at radius 2 is 2.06 bits per heavy atom. The van der Waals surface area contributed by atoms with Gasteiger partial charge in [0.2, 0.25) is 0 Å². The van der Waals surface area contributed by atoms with Crippen LogP contribution in [-0.2, 0) is 17.9 Å². The fourth-order valence-corrected chi connectivity index (χ4v) is 1.90. The fourth-order valence-electron chi connectivity index (χ4n) is 1.90. The molecule has 0 aliphatic heterocycles. The average Bonchev–Trinajstić information content (AvgIpc) is 2.30. The molecule has 0 saturated carbocycles. The zero-order valence-electron chi connectivity index (χ0n) is 11.2. The number of methoxy groups -OCH3 is 1. The normalized spacial score (nSPS) is 11.1. The first-order chi connectivity index (χ1) is 8.26. The van der Waals surface area contributed by atoms with Gasteiger partial charge in [0.25, 0.3) is 0 Å². The highest BCUT2D eigenvalue weighted by Crippen LogP contribution is 2.08. The number of rotatable bonds is 8. The molecule has 96 valence electrons. The van der Waals surface area contributed by atoms with Crippen LogP contribution in [0.2, 0.25) is 0 Å². The van der Waals surface area contributed by atoms with Crippen LogP contribution in [0.25, 0.3) is 0 Å². The monoisotopic (exact) mass is 236 g/mol. The Kier molecular flexibility index (Phi) is 6.86. The molecule has 0 saturated heterocycles. The van der Waals surface area contributed by atoms with Gasteiger partial charge in [-0.3, -0.25) is 0 Å². The topological polar surface area (TPSA) is 24.5 Å². The highest BCUT2D eigenvalue weighted by molar-refractivity contribution is 5.22. The molecule has 0 fully saturated rings. The van der Waals surface area contributed by atoms with Crippen LogP contribution in [0, 0.1) is 0 Å². The maximum Gasteiger partial charge on any atom is 0.0713 e. The Hall–Kier alpha value is -0.900. The molecule has 3 nitrogen and oxygen atoms in total. The number of hydrogen-bond donors (Lipinski definition) is 1. The van der Waals surface area contributed by atoms with Crippen molar-refractivity contribution < 1.29 is 4.74 Å². The van der Waals surface area contributed by atoms with Crippen LogP contribution in [0.5, 0.6) is 0 Å². The number of hydrogen-bond acceptors (Lipinski definition) is 3. The van der Waals surface area contributed by atoms with E-state index in [1.165, 1.54) is 17.5 Å². The van der Waals surface area contributed by atoms with Gasteiger partial charge >= 0.3 is 0 Å². The highest BCUT2D eigenvalue weighted by atomic mass is 16.5. The van der Waals surface area contributed by atoms with E-state index in [0.29, 0.717) is 6.61 Å². The van der Waals surface area contributed by atoms with E-state index in [0.717, 1.165) is 19.6 Å². The summed E-state index contributed by atoms with van der Waals surface area (Å²) in [5, 5.41) is 3.17. The van der Waals surface area contributed by atoms with Gasteiger partial charge in [0.05, 0.1) is 6.61 Å². The van der Waals surface area contributed by atoms with Crippen molar-refractivity contribution in [1.82, 2.24) is 10.2 Å². The summed E-state index contributed by atoms with van der Waals surface area (Å²) in [6.07, 6.45) is 1.19. The van der Waals surface area contributed by atoms with E-state index < -0.39 is 0 Å². The van der Waals surface area contributed by atoms with Crippen LogP contribution < -0.4 is 5.32 Å². The molecule has 0 aromatic heterocycles. The largest absolute Gasteiger partial charge is 0.380 e. The summed E-state index contributed by atoms with van der Waals surface area (Å²) in [5.74, 6) is 0. The molecule has 1 aromatic carbocycles. The van der Waals surface area contributed by atoms with Crippen molar-refractivity contribution in [2.75, 3.05) is 34.3 Å². The highest BCUT2D eigenvalue weighted by Gasteiger charge is 2.01. The minimum Gasteiger partial charge on any atom is -0.380 e. The first-order valence-electron chi connectivity index (χ1n) is 6.16. The lowest BCUT2D eigenvalue weighted by Gasteiger charge is -2.17. The van der Waals surface area contributed by atoms with E-state index in [2.05, 4.69) is 41.5 Å². The first kappa shape index (κ1) is 14.2. The minimum atomic E-state index is 0.692. The molecule has 0 aliphatic carbocycles. The SMILES string of the molecule is CNCCCN(C)Cc1cccc(COC)c1. The third-order valence-corrected chi connectivity index (χ3v) is 2.72. The van der Waals surface area contributed by atoms with Gasteiger partial charge in [-0.05, 0) is 44.7 Å². The first-order valence-corrected chi connectivity index (χ1v) is 6.16. The molecule has 0 aliphatic rings. The molecule has 1 rings (SSSR count). The number of benzene rings is 1. The summed E-state index contributed by atoms with van der Waals surface area (Å²) in [6, 6.07) is 8.60. The standard InChI is InChI=1S/C14H24N2O/c1-15-8-5-9-16(2)11-13-6-4-7-14(10-13)12-17-3/h4,6-7,10,15H,5,8-9,11-12H2,1-3H3. The summed E-state index contributed by atoms with van der Waals surface area (Å²) in [4.78, 5) is 2.35. The van der Waals surface area contributed by atoms with Gasteiger partial charge in [0.15, 0.2) is 0 Å². The Morgan fingerprint density at radius 1 is 1.29 bits per heavy atom. The molecule has 0 unspecified atom stereocenters. The van der Waals surface area contributed by atoms with E-state index in [4.69, 9.17) is 4.74 Å². The van der Waals surface area contributed by atoms with Crippen molar-refractivity contribution in [3.8, 4) is 0 Å². The van der Waals surface area contributed by atoms with Crippen LogP contribution >= 0.6 is 0 Å². The lowest BCUT2D eigenvalue weighted by molar-refractivity contribution is 0.184. The average molecular weight is 236 g/mol. The summed E-state index contributed by atoms with van der Waals surface area (Å²) >= 11 is 0. The number of ether oxygens (including phenoxy) is 1. The van der Waals surface area contributed by atoms with Crippen molar-refractivity contribution in [1.29, 1.82) is 0 Å². The van der Waals surface area contributed by atoms with E-state index in [1.807, 2.05) is 7.05 Å². The van der Waals surface area contributed by atoms with Crippen LogP contribution in [0.15, 0.2) is 24.3 Å². The molecular formula is C14H24N2O. The molecule has 1 aromatic rings. The predicted molar refractivity (Wildman–Crippen MR) is 72.0 cm³/mol. The van der Waals surface area contributed by atoms with Crippen molar-refractivity contribution in [2.24, 2.45) is 0 Å². The molecule has 0 radical (unpaired) electrons. The Balaban J connectivity index is 2.41. The minimum absolute atomic E-state index is 0.692. The molecule has 17 heavy (non-hydrogen) atoms. The van der Waals surface area contributed by atoms with Crippen molar-refractivity contribution >= 4 is 0 Å². The zero-order chi connectivity index (χ0) is 12.5. The fraction of sp³-hybridized carbons (Fsp3) is 0.571. The van der Waals surface area contributed by atoms with Crippen LogP contribution in [0.3, 0.4) is 0 Å². The summed E-state index contributed by atoms with van der Waals surface area (Å²) in [7, 11) is 5.89.